The number of anilines is 1. The van der Waals surface area contributed by atoms with Crippen LogP contribution in [0, 0.1) is 17.3 Å². The third kappa shape index (κ3) is 8.95. The number of halogens is 7. The normalized spacial score (nSPS) is 21.6. The van der Waals surface area contributed by atoms with Gasteiger partial charge in [-0.25, -0.2) is 4.79 Å². The van der Waals surface area contributed by atoms with Crippen LogP contribution in [-0.2, 0) is 12.4 Å². The van der Waals surface area contributed by atoms with Gasteiger partial charge in [0.25, 0.3) is 0 Å². The summed E-state index contributed by atoms with van der Waals surface area (Å²) >= 11 is 6.10. The van der Waals surface area contributed by atoms with E-state index in [2.05, 4.69) is 17.6 Å². The summed E-state index contributed by atoms with van der Waals surface area (Å²) in [6.45, 7) is 2.28. The average Bonchev–Trinajstić information content (AvgIpc) is 2.84. The van der Waals surface area contributed by atoms with E-state index in [1.165, 1.54) is 38.5 Å². The zero-order valence-corrected chi connectivity index (χ0v) is 22.2. The Kier molecular flexibility index (Phi) is 10.2. The second-order valence-electron chi connectivity index (χ2n) is 10.7. The number of hydrogen-bond donors (Lipinski definition) is 2. The molecule has 2 unspecified atom stereocenters. The predicted molar refractivity (Wildman–Crippen MR) is 138 cm³/mol. The quantitative estimate of drug-likeness (QED) is 0.227. The highest BCUT2D eigenvalue weighted by Gasteiger charge is 2.37. The second kappa shape index (κ2) is 12.8. The minimum absolute atomic E-state index is 0.00381. The molecule has 0 aliphatic heterocycles. The second-order valence-corrected chi connectivity index (χ2v) is 11.2. The molecule has 0 aromatic heterocycles. The van der Waals surface area contributed by atoms with Gasteiger partial charge in [-0.3, -0.25) is 0 Å². The zero-order valence-electron chi connectivity index (χ0n) is 21.5. The monoisotopic (exact) mass is 564 g/mol. The first-order valence-electron chi connectivity index (χ1n) is 13.2. The van der Waals surface area contributed by atoms with E-state index >= 15 is 0 Å². The van der Waals surface area contributed by atoms with Gasteiger partial charge in [0.1, 0.15) is 0 Å². The molecular weight excluding hydrogens is 530 g/mol. The van der Waals surface area contributed by atoms with Crippen LogP contribution in [0.25, 0.3) is 0 Å². The van der Waals surface area contributed by atoms with Gasteiger partial charge in [-0.2, -0.15) is 26.3 Å². The van der Waals surface area contributed by atoms with Crippen LogP contribution in [-0.4, -0.2) is 12.6 Å². The third-order valence-corrected chi connectivity index (χ3v) is 8.07. The van der Waals surface area contributed by atoms with Crippen molar-refractivity contribution in [3.63, 3.8) is 0 Å². The van der Waals surface area contributed by atoms with E-state index < -0.39 is 35.2 Å². The lowest BCUT2D eigenvalue weighted by atomic mass is 9.70. The minimum atomic E-state index is -4.99. The first-order valence-corrected chi connectivity index (χ1v) is 13.5. The predicted octanol–water partition coefficient (Wildman–Crippen LogP) is 9.69. The summed E-state index contributed by atoms with van der Waals surface area (Å²) < 4.78 is 78.9. The van der Waals surface area contributed by atoms with Crippen molar-refractivity contribution >= 4 is 23.3 Å². The number of unbranched alkanes of at least 4 members (excludes halogenated alkanes) is 1. The number of urea groups is 1. The Morgan fingerprint density at radius 1 is 1.03 bits per heavy atom. The summed E-state index contributed by atoms with van der Waals surface area (Å²) in [7, 11) is 0. The van der Waals surface area contributed by atoms with Gasteiger partial charge in [-0.1, -0.05) is 82.0 Å². The molecule has 2 atom stereocenters. The molecule has 1 saturated carbocycles. The van der Waals surface area contributed by atoms with Crippen molar-refractivity contribution in [2.75, 3.05) is 11.9 Å². The number of carbonyl (C=O) groups is 1. The molecule has 38 heavy (non-hydrogen) atoms. The summed E-state index contributed by atoms with van der Waals surface area (Å²) in [5, 5.41) is 5.46. The Balaban J connectivity index is 1.64. The van der Waals surface area contributed by atoms with Crippen LogP contribution < -0.4 is 10.6 Å². The maximum Gasteiger partial charge on any atom is 0.416 e. The fourth-order valence-electron chi connectivity index (χ4n) is 5.41. The van der Waals surface area contributed by atoms with E-state index in [1.807, 2.05) is 18.2 Å². The van der Waals surface area contributed by atoms with E-state index in [9.17, 15) is 31.1 Å². The summed E-state index contributed by atoms with van der Waals surface area (Å²) in [4.78, 5) is 12.6. The maximum atomic E-state index is 13.2. The van der Waals surface area contributed by atoms with Crippen LogP contribution in [0.5, 0.6) is 0 Å². The van der Waals surface area contributed by atoms with Gasteiger partial charge in [0.2, 0.25) is 0 Å². The number of amides is 2. The molecule has 0 saturated heterocycles. The van der Waals surface area contributed by atoms with Gasteiger partial charge in [0.05, 0.1) is 11.1 Å². The van der Waals surface area contributed by atoms with Crippen molar-refractivity contribution in [2.24, 2.45) is 17.3 Å². The number of alkyl halides is 6. The van der Waals surface area contributed by atoms with Crippen LogP contribution in [0.2, 0.25) is 0 Å². The number of nitrogens with one attached hydrogen (secondary N) is 2. The first kappa shape index (κ1) is 30.4. The van der Waals surface area contributed by atoms with Gasteiger partial charge in [-0.05, 0) is 54.4 Å². The number of allylic oxidation sites excluding steroid dienone is 4. The largest absolute Gasteiger partial charge is 0.416 e. The lowest BCUT2D eigenvalue weighted by molar-refractivity contribution is -0.143. The molecule has 3 rings (SSSR count). The first-order chi connectivity index (χ1) is 17.8. The van der Waals surface area contributed by atoms with Crippen LogP contribution in [0.15, 0.2) is 41.5 Å². The molecule has 0 heterocycles. The Labute approximate surface area is 225 Å². The van der Waals surface area contributed by atoms with Crippen molar-refractivity contribution < 1.29 is 31.1 Å². The molecule has 1 aromatic carbocycles. The standard InChI is InChI=1S/C28H35ClF6N2O/c1-26(13-11-23(29)12-14-26)20(10-6-5-9-19-7-3-2-4-8-19)18-36-25(38)37-24-16-21(27(30,31)32)15-22(17-24)28(33,34)35/h11-13,15-17,19-20H,2-10,14,18H2,1H3,(H2,36,37,38). The molecule has 2 N–H and O–H groups in total. The topological polar surface area (TPSA) is 41.1 Å². The molecular formula is C28H35ClF6N2O. The third-order valence-electron chi connectivity index (χ3n) is 7.79. The average molecular weight is 565 g/mol. The van der Waals surface area contributed by atoms with E-state index in [0.717, 1.165) is 25.2 Å². The Morgan fingerprint density at radius 2 is 1.66 bits per heavy atom. The number of benzene rings is 1. The number of carbonyl (C=O) groups excluding carboxylic acids is 1. The van der Waals surface area contributed by atoms with Crippen LogP contribution in [0.3, 0.4) is 0 Å². The fourth-order valence-corrected chi connectivity index (χ4v) is 5.55. The summed E-state index contributed by atoms with van der Waals surface area (Å²) in [5.74, 6) is 0.774. The van der Waals surface area contributed by atoms with Gasteiger partial charge >= 0.3 is 18.4 Å². The van der Waals surface area contributed by atoms with Gasteiger partial charge in [-0.15, -0.1) is 0 Å². The molecule has 0 bridgehead atoms. The van der Waals surface area contributed by atoms with Gasteiger partial charge in [0.15, 0.2) is 0 Å². The zero-order chi connectivity index (χ0) is 28.0. The van der Waals surface area contributed by atoms with Gasteiger partial charge in [0, 0.05) is 17.3 Å². The number of hydrogen-bond acceptors (Lipinski definition) is 1. The van der Waals surface area contributed by atoms with Gasteiger partial charge < -0.3 is 10.6 Å². The van der Waals surface area contributed by atoms with Crippen LogP contribution in [0.4, 0.5) is 36.8 Å². The highest BCUT2D eigenvalue weighted by molar-refractivity contribution is 6.31. The summed E-state index contributed by atoms with van der Waals surface area (Å²) in [6, 6.07) is 0.161. The Hall–Kier alpha value is -2.16. The van der Waals surface area contributed by atoms with Crippen LogP contribution >= 0.6 is 11.6 Å². The van der Waals surface area contributed by atoms with E-state index in [4.69, 9.17) is 11.6 Å². The van der Waals surface area contributed by atoms with E-state index in [1.54, 1.807) is 0 Å². The molecule has 1 aromatic rings. The lowest BCUT2D eigenvalue weighted by Gasteiger charge is -2.36. The molecule has 2 aliphatic carbocycles. The molecule has 0 radical (unpaired) electrons. The molecule has 2 amide bonds. The van der Waals surface area contributed by atoms with Crippen molar-refractivity contribution in [1.82, 2.24) is 5.32 Å². The molecule has 0 spiro atoms. The van der Waals surface area contributed by atoms with Crippen molar-refractivity contribution in [1.29, 1.82) is 0 Å². The molecule has 10 heteroatoms. The molecule has 212 valence electrons. The van der Waals surface area contributed by atoms with Crippen molar-refractivity contribution in [3.05, 3.63) is 52.6 Å². The highest BCUT2D eigenvalue weighted by Crippen LogP contribution is 2.41. The van der Waals surface area contributed by atoms with Crippen LogP contribution in [0.1, 0.15) is 82.3 Å². The number of rotatable bonds is 9. The molecule has 3 nitrogen and oxygen atoms in total. The lowest BCUT2D eigenvalue weighted by Crippen LogP contribution is -2.39. The SMILES string of the molecule is CC1(C(CCCCC2CCCCC2)CNC(=O)Nc2cc(C(F)(F)F)cc(C(F)(F)F)c2)C=CC(Cl)=CC1. The molecule has 1 fully saturated rings. The smallest absolute Gasteiger partial charge is 0.338 e. The summed E-state index contributed by atoms with van der Waals surface area (Å²) in [6.07, 6.45) is 6.92. The minimum Gasteiger partial charge on any atom is -0.338 e. The summed E-state index contributed by atoms with van der Waals surface area (Å²) in [5.41, 5.74) is -3.84. The highest BCUT2D eigenvalue weighted by atomic mass is 35.5. The van der Waals surface area contributed by atoms with E-state index in [0.29, 0.717) is 23.6 Å². The Morgan fingerprint density at radius 3 is 2.21 bits per heavy atom. The molecule has 2 aliphatic rings. The van der Waals surface area contributed by atoms with Crippen molar-refractivity contribution in [2.45, 2.75) is 83.5 Å². The Bertz CT molecular complexity index is 981. The fraction of sp³-hybridized carbons (Fsp3) is 0.607. The van der Waals surface area contributed by atoms with Crippen molar-refractivity contribution in [3.8, 4) is 0 Å². The maximum absolute atomic E-state index is 13.2. The van der Waals surface area contributed by atoms with E-state index in [-0.39, 0.29) is 23.9 Å².